The Hall–Kier alpha value is -2.62. The fraction of sp³-hybridized carbons (Fsp3) is 0.300. The van der Waals surface area contributed by atoms with Crippen LogP contribution in [0, 0.1) is 0 Å². The highest BCUT2D eigenvalue weighted by molar-refractivity contribution is 5.77. The lowest BCUT2D eigenvalue weighted by molar-refractivity contribution is -0.121. The standard InChI is InChI=1S/C20H23N3O/c1-15(11-12-16-7-3-2-4-8-16)21-20(24)14-13-19-22-17-9-5-6-10-18(17)23-19/h2-10,15H,11-14H2,1H3,(H,21,24)(H,22,23). The Morgan fingerprint density at radius 1 is 1.08 bits per heavy atom. The zero-order valence-electron chi connectivity index (χ0n) is 14.0. The van der Waals surface area contributed by atoms with Crippen LogP contribution in [0.2, 0.25) is 0 Å². The van der Waals surface area contributed by atoms with Gasteiger partial charge < -0.3 is 10.3 Å². The molecule has 1 unspecified atom stereocenters. The summed E-state index contributed by atoms with van der Waals surface area (Å²) < 4.78 is 0. The van der Waals surface area contributed by atoms with E-state index in [9.17, 15) is 4.79 Å². The van der Waals surface area contributed by atoms with Crippen molar-refractivity contribution in [3.63, 3.8) is 0 Å². The molecule has 0 fully saturated rings. The maximum absolute atomic E-state index is 12.1. The molecule has 3 rings (SSSR count). The van der Waals surface area contributed by atoms with Crippen LogP contribution in [0.5, 0.6) is 0 Å². The first-order chi connectivity index (χ1) is 11.7. The van der Waals surface area contributed by atoms with Gasteiger partial charge in [0, 0.05) is 18.9 Å². The topological polar surface area (TPSA) is 57.8 Å². The van der Waals surface area contributed by atoms with Crippen LogP contribution in [0.1, 0.15) is 31.2 Å². The van der Waals surface area contributed by atoms with Gasteiger partial charge in [-0.05, 0) is 37.5 Å². The maximum atomic E-state index is 12.1. The first kappa shape index (κ1) is 16.2. The van der Waals surface area contributed by atoms with Gasteiger partial charge in [0.1, 0.15) is 5.82 Å². The molecule has 0 aliphatic rings. The van der Waals surface area contributed by atoms with Gasteiger partial charge in [-0.1, -0.05) is 42.5 Å². The number of hydrogen-bond acceptors (Lipinski definition) is 2. The number of nitrogens with zero attached hydrogens (tertiary/aromatic N) is 1. The first-order valence-electron chi connectivity index (χ1n) is 8.47. The SMILES string of the molecule is CC(CCc1ccccc1)NC(=O)CCc1nc2ccccc2[nH]1. The highest BCUT2D eigenvalue weighted by atomic mass is 16.1. The zero-order valence-corrected chi connectivity index (χ0v) is 14.0. The monoisotopic (exact) mass is 321 g/mol. The van der Waals surface area contributed by atoms with Gasteiger partial charge in [-0.25, -0.2) is 4.98 Å². The lowest BCUT2D eigenvalue weighted by atomic mass is 10.1. The van der Waals surface area contributed by atoms with E-state index in [0.717, 1.165) is 29.7 Å². The van der Waals surface area contributed by atoms with E-state index in [-0.39, 0.29) is 11.9 Å². The summed E-state index contributed by atoms with van der Waals surface area (Å²) in [6.45, 7) is 2.06. The number of benzene rings is 2. The van der Waals surface area contributed by atoms with Gasteiger partial charge in [0.05, 0.1) is 11.0 Å². The molecule has 3 aromatic rings. The highest BCUT2D eigenvalue weighted by Crippen LogP contribution is 2.11. The minimum absolute atomic E-state index is 0.0796. The molecule has 0 saturated carbocycles. The molecule has 0 aliphatic heterocycles. The molecule has 4 heteroatoms. The maximum Gasteiger partial charge on any atom is 0.220 e. The average molecular weight is 321 g/mol. The Morgan fingerprint density at radius 3 is 2.62 bits per heavy atom. The Balaban J connectivity index is 1.43. The molecule has 0 saturated heterocycles. The van der Waals surface area contributed by atoms with E-state index in [1.807, 2.05) is 42.5 Å². The number of aryl methyl sites for hydroxylation is 2. The lowest BCUT2D eigenvalue weighted by Crippen LogP contribution is -2.33. The van der Waals surface area contributed by atoms with Crippen LogP contribution in [0.4, 0.5) is 0 Å². The molecule has 0 radical (unpaired) electrons. The van der Waals surface area contributed by atoms with E-state index in [2.05, 4.69) is 34.3 Å². The molecule has 0 aliphatic carbocycles. The van der Waals surface area contributed by atoms with E-state index in [0.29, 0.717) is 12.8 Å². The van der Waals surface area contributed by atoms with Crippen molar-refractivity contribution in [3.05, 3.63) is 66.0 Å². The van der Waals surface area contributed by atoms with Crippen LogP contribution in [0.3, 0.4) is 0 Å². The summed E-state index contributed by atoms with van der Waals surface area (Å²) in [7, 11) is 0. The molecule has 1 heterocycles. The normalized spacial score (nSPS) is 12.2. The number of carbonyl (C=O) groups excluding carboxylic acids is 1. The van der Waals surface area contributed by atoms with Gasteiger partial charge >= 0.3 is 0 Å². The van der Waals surface area contributed by atoms with Crippen molar-refractivity contribution in [2.75, 3.05) is 0 Å². The number of aromatic nitrogens is 2. The van der Waals surface area contributed by atoms with Crippen LogP contribution in [0.15, 0.2) is 54.6 Å². The Bertz CT molecular complexity index is 762. The Morgan fingerprint density at radius 2 is 1.83 bits per heavy atom. The molecule has 124 valence electrons. The van der Waals surface area contributed by atoms with Gasteiger partial charge in [-0.3, -0.25) is 4.79 Å². The number of H-pyrrole nitrogens is 1. The summed E-state index contributed by atoms with van der Waals surface area (Å²) >= 11 is 0. The Kier molecular flexibility index (Phi) is 5.26. The first-order valence-corrected chi connectivity index (χ1v) is 8.47. The predicted octanol–water partition coefficient (Wildman–Crippen LogP) is 3.63. The van der Waals surface area contributed by atoms with Crippen molar-refractivity contribution < 1.29 is 4.79 Å². The second-order valence-corrected chi connectivity index (χ2v) is 6.19. The number of rotatable bonds is 7. The molecule has 1 amide bonds. The van der Waals surface area contributed by atoms with Crippen molar-refractivity contribution in [1.29, 1.82) is 0 Å². The Labute approximate surface area is 142 Å². The second kappa shape index (κ2) is 7.77. The molecule has 2 N–H and O–H groups in total. The minimum atomic E-state index is 0.0796. The van der Waals surface area contributed by atoms with Crippen LogP contribution < -0.4 is 5.32 Å². The third-order valence-corrected chi connectivity index (χ3v) is 4.14. The second-order valence-electron chi connectivity index (χ2n) is 6.19. The van der Waals surface area contributed by atoms with Crippen molar-refractivity contribution in [1.82, 2.24) is 15.3 Å². The number of para-hydroxylation sites is 2. The van der Waals surface area contributed by atoms with E-state index in [4.69, 9.17) is 0 Å². The van der Waals surface area contributed by atoms with Crippen LogP contribution >= 0.6 is 0 Å². The van der Waals surface area contributed by atoms with E-state index in [1.54, 1.807) is 0 Å². The third-order valence-electron chi connectivity index (χ3n) is 4.14. The number of nitrogens with one attached hydrogen (secondary N) is 2. The molecule has 1 aromatic heterocycles. The van der Waals surface area contributed by atoms with Gasteiger partial charge in [-0.15, -0.1) is 0 Å². The third kappa shape index (κ3) is 4.44. The number of fused-ring (bicyclic) bond motifs is 1. The van der Waals surface area contributed by atoms with Gasteiger partial charge in [0.15, 0.2) is 0 Å². The number of hydrogen-bond donors (Lipinski definition) is 2. The summed E-state index contributed by atoms with van der Waals surface area (Å²) in [5, 5.41) is 3.07. The molecule has 24 heavy (non-hydrogen) atoms. The number of imidazole rings is 1. The summed E-state index contributed by atoms with van der Waals surface area (Å²) in [4.78, 5) is 19.9. The van der Waals surface area contributed by atoms with Crippen LogP contribution in [0.25, 0.3) is 11.0 Å². The highest BCUT2D eigenvalue weighted by Gasteiger charge is 2.09. The minimum Gasteiger partial charge on any atom is -0.354 e. The van der Waals surface area contributed by atoms with Gasteiger partial charge in [0.2, 0.25) is 5.91 Å². The summed E-state index contributed by atoms with van der Waals surface area (Å²) in [5.74, 6) is 0.944. The zero-order chi connectivity index (χ0) is 16.8. The smallest absolute Gasteiger partial charge is 0.220 e. The molecule has 0 bridgehead atoms. The van der Waals surface area contributed by atoms with E-state index in [1.165, 1.54) is 5.56 Å². The number of aromatic amines is 1. The summed E-state index contributed by atoms with van der Waals surface area (Å²) in [6, 6.07) is 18.4. The molecule has 1 atom stereocenters. The van der Waals surface area contributed by atoms with E-state index < -0.39 is 0 Å². The van der Waals surface area contributed by atoms with Crippen molar-refractivity contribution in [2.24, 2.45) is 0 Å². The predicted molar refractivity (Wildman–Crippen MR) is 96.8 cm³/mol. The molecule has 0 spiro atoms. The largest absolute Gasteiger partial charge is 0.354 e. The number of carbonyl (C=O) groups is 1. The average Bonchev–Trinajstić information content (AvgIpc) is 3.02. The van der Waals surface area contributed by atoms with Crippen molar-refractivity contribution in [3.8, 4) is 0 Å². The summed E-state index contributed by atoms with van der Waals surface area (Å²) in [5.41, 5.74) is 3.27. The van der Waals surface area contributed by atoms with Crippen molar-refractivity contribution in [2.45, 2.75) is 38.6 Å². The van der Waals surface area contributed by atoms with Crippen LogP contribution in [-0.2, 0) is 17.6 Å². The quantitative estimate of drug-likeness (QED) is 0.698. The molecular formula is C20H23N3O. The van der Waals surface area contributed by atoms with Gasteiger partial charge in [-0.2, -0.15) is 0 Å². The van der Waals surface area contributed by atoms with Gasteiger partial charge in [0.25, 0.3) is 0 Å². The lowest BCUT2D eigenvalue weighted by Gasteiger charge is -2.13. The fourth-order valence-corrected chi connectivity index (χ4v) is 2.80. The van der Waals surface area contributed by atoms with Crippen molar-refractivity contribution >= 4 is 16.9 Å². The fourth-order valence-electron chi connectivity index (χ4n) is 2.80. The molecule has 4 nitrogen and oxygen atoms in total. The molecule has 2 aromatic carbocycles. The van der Waals surface area contributed by atoms with E-state index >= 15 is 0 Å². The van der Waals surface area contributed by atoms with Crippen LogP contribution in [-0.4, -0.2) is 21.9 Å². The number of amides is 1. The summed E-state index contributed by atoms with van der Waals surface area (Å²) in [6.07, 6.45) is 3.01. The molecular weight excluding hydrogens is 298 g/mol.